The average Bonchev–Trinajstić information content (AvgIpc) is 2.14. The summed E-state index contributed by atoms with van der Waals surface area (Å²) < 4.78 is 26.0. The van der Waals surface area contributed by atoms with Crippen molar-refractivity contribution in [3.63, 3.8) is 0 Å². The van der Waals surface area contributed by atoms with Crippen molar-refractivity contribution >= 4 is 53.8 Å². The molecule has 0 aliphatic rings. The first-order chi connectivity index (χ1) is 6.52. The second kappa shape index (κ2) is 9.59. The van der Waals surface area contributed by atoms with Gasteiger partial charge in [-0.1, -0.05) is 30.7 Å². The first-order valence-electron chi connectivity index (χ1n) is 4.27. The molecule has 7 heteroatoms. The van der Waals surface area contributed by atoms with Crippen LogP contribution < -0.4 is 0 Å². The van der Waals surface area contributed by atoms with Gasteiger partial charge in [-0.2, -0.15) is 8.42 Å². The molecule has 0 saturated heterocycles. The van der Waals surface area contributed by atoms with Crippen molar-refractivity contribution in [2.45, 2.75) is 26.2 Å². The average molecular weight is 264 g/mol. The van der Waals surface area contributed by atoms with Crippen LogP contribution in [0.25, 0.3) is 0 Å². The quantitative estimate of drug-likeness (QED) is 0.217. The first kappa shape index (κ1) is 17.8. The predicted octanol–water partition coefficient (Wildman–Crippen LogP) is 0.251. The molecule has 0 bridgehead atoms. The van der Waals surface area contributed by atoms with Crippen molar-refractivity contribution in [2.24, 2.45) is 0 Å². The molecule has 0 N–H and O–H groups in total. The summed E-state index contributed by atoms with van der Waals surface area (Å²) in [6.45, 7) is 5.04. The SMILES string of the molecule is C=CC(=O)OOS(=O)(=O)CCCCC.[CaH2]. The van der Waals surface area contributed by atoms with E-state index in [4.69, 9.17) is 0 Å². The van der Waals surface area contributed by atoms with Crippen LogP contribution in [0.4, 0.5) is 0 Å². The van der Waals surface area contributed by atoms with Crippen LogP contribution >= 0.6 is 0 Å². The third-order valence-electron chi connectivity index (χ3n) is 1.38. The molecule has 0 rings (SSSR count). The monoisotopic (exact) mass is 264 g/mol. The molecule has 0 fully saturated rings. The Labute approximate surface area is 120 Å². The van der Waals surface area contributed by atoms with E-state index >= 15 is 0 Å². The van der Waals surface area contributed by atoms with Gasteiger partial charge < -0.3 is 0 Å². The van der Waals surface area contributed by atoms with Crippen LogP contribution in [0.3, 0.4) is 0 Å². The molecule has 0 aliphatic carbocycles. The zero-order valence-corrected chi connectivity index (χ0v) is 8.88. The van der Waals surface area contributed by atoms with E-state index < -0.39 is 16.1 Å². The Morgan fingerprint density at radius 1 is 1.40 bits per heavy atom. The Balaban J connectivity index is 0. The molecule has 0 heterocycles. The molecular formula is C8H16CaO5S. The van der Waals surface area contributed by atoms with Crippen LogP contribution in [0.1, 0.15) is 26.2 Å². The van der Waals surface area contributed by atoms with Crippen LogP contribution in [0.15, 0.2) is 12.7 Å². The van der Waals surface area contributed by atoms with Gasteiger partial charge in [-0.25, -0.2) is 4.79 Å². The molecule has 86 valence electrons. The first-order valence-corrected chi connectivity index (χ1v) is 5.84. The van der Waals surface area contributed by atoms with Crippen LogP contribution in [0.5, 0.6) is 0 Å². The van der Waals surface area contributed by atoms with Gasteiger partial charge in [0.05, 0.1) is 5.75 Å². The van der Waals surface area contributed by atoms with E-state index in [1.54, 1.807) is 0 Å². The zero-order chi connectivity index (χ0) is 11.0. The number of rotatable bonds is 7. The summed E-state index contributed by atoms with van der Waals surface area (Å²) in [4.78, 5) is 14.4. The minimum atomic E-state index is -3.75. The minimum absolute atomic E-state index is 0. The van der Waals surface area contributed by atoms with Crippen molar-refractivity contribution in [2.75, 3.05) is 5.75 Å². The van der Waals surface area contributed by atoms with E-state index in [2.05, 4.69) is 15.8 Å². The molecule has 5 nitrogen and oxygen atoms in total. The van der Waals surface area contributed by atoms with Gasteiger partial charge in [0.25, 0.3) is 0 Å². The Morgan fingerprint density at radius 3 is 2.47 bits per heavy atom. The van der Waals surface area contributed by atoms with Gasteiger partial charge in [0, 0.05) is 6.08 Å². The van der Waals surface area contributed by atoms with Gasteiger partial charge in [0.2, 0.25) is 0 Å². The fourth-order valence-electron chi connectivity index (χ4n) is 0.682. The molecule has 0 aromatic carbocycles. The second-order valence-corrected chi connectivity index (χ2v) is 4.30. The van der Waals surface area contributed by atoms with Gasteiger partial charge >= 0.3 is 53.8 Å². The number of hydrogen-bond acceptors (Lipinski definition) is 5. The maximum absolute atomic E-state index is 11.0. The van der Waals surface area contributed by atoms with Gasteiger partial charge in [-0.3, -0.25) is 4.89 Å². The molecule has 0 atom stereocenters. The number of unbranched alkanes of at least 4 members (excludes halogenated alkanes) is 2. The Kier molecular flexibility index (Phi) is 11.4. The van der Waals surface area contributed by atoms with Crippen LogP contribution in [-0.2, 0) is 24.1 Å². The molecule has 15 heavy (non-hydrogen) atoms. The third kappa shape index (κ3) is 10.7. The molecule has 0 aliphatic heterocycles. The summed E-state index contributed by atoms with van der Waals surface area (Å²) in [5, 5.41) is 0. The van der Waals surface area contributed by atoms with E-state index in [1.165, 1.54) is 0 Å². The summed E-state index contributed by atoms with van der Waals surface area (Å²) in [5.74, 6) is -1.07. The van der Waals surface area contributed by atoms with E-state index in [9.17, 15) is 13.2 Å². The Hall–Kier alpha value is 0.380. The van der Waals surface area contributed by atoms with Crippen molar-refractivity contribution in [3.8, 4) is 0 Å². The van der Waals surface area contributed by atoms with E-state index in [-0.39, 0.29) is 43.5 Å². The van der Waals surface area contributed by atoms with Crippen LogP contribution in [0.2, 0.25) is 0 Å². The summed E-state index contributed by atoms with van der Waals surface area (Å²) >= 11 is 0. The van der Waals surface area contributed by atoms with Crippen molar-refractivity contribution in [1.29, 1.82) is 0 Å². The van der Waals surface area contributed by atoms with Gasteiger partial charge in [-0.05, 0) is 6.42 Å². The topological polar surface area (TPSA) is 69.7 Å². The van der Waals surface area contributed by atoms with Crippen molar-refractivity contribution < 1.29 is 22.4 Å². The summed E-state index contributed by atoms with van der Waals surface area (Å²) in [6.07, 6.45) is 3.01. The van der Waals surface area contributed by atoms with E-state index in [0.717, 1.165) is 18.9 Å². The molecule has 0 spiro atoms. The van der Waals surface area contributed by atoms with Gasteiger partial charge in [0.1, 0.15) is 0 Å². The summed E-state index contributed by atoms with van der Waals surface area (Å²) in [6, 6.07) is 0. The molecule has 0 amide bonds. The van der Waals surface area contributed by atoms with Gasteiger partial charge in [-0.15, -0.1) is 0 Å². The summed E-state index contributed by atoms with van der Waals surface area (Å²) in [5.41, 5.74) is 0. The standard InChI is InChI=1S/C8H14O5S.Ca.2H/c1-3-5-6-7-14(10,11)13-12-8(9)4-2;;;/h4H,2-3,5-7H2,1H3;;;. The fourth-order valence-corrected chi connectivity index (χ4v) is 1.48. The van der Waals surface area contributed by atoms with Gasteiger partial charge in [0.15, 0.2) is 0 Å². The normalized spacial score (nSPS) is 10.2. The molecule has 0 unspecified atom stereocenters. The third-order valence-corrected chi connectivity index (χ3v) is 2.45. The predicted molar refractivity (Wildman–Crippen MR) is 59.2 cm³/mol. The molecule has 0 aromatic heterocycles. The van der Waals surface area contributed by atoms with Crippen molar-refractivity contribution in [3.05, 3.63) is 12.7 Å². The van der Waals surface area contributed by atoms with Crippen molar-refractivity contribution in [1.82, 2.24) is 0 Å². The molecule has 0 aromatic rings. The van der Waals surface area contributed by atoms with E-state index in [0.29, 0.717) is 6.42 Å². The fraction of sp³-hybridized carbons (Fsp3) is 0.625. The zero-order valence-electron chi connectivity index (χ0n) is 8.06. The maximum atomic E-state index is 11.0. The Morgan fingerprint density at radius 2 is 2.00 bits per heavy atom. The molecule has 0 saturated carbocycles. The van der Waals surface area contributed by atoms with E-state index in [1.807, 2.05) is 6.92 Å². The summed E-state index contributed by atoms with van der Waals surface area (Å²) in [7, 11) is -3.75. The number of carbonyl (C=O) groups excluding carboxylic acids is 1. The molecule has 0 radical (unpaired) electrons. The number of hydrogen-bond donors (Lipinski definition) is 0. The van der Waals surface area contributed by atoms with Crippen LogP contribution in [-0.4, -0.2) is 57.9 Å². The Bertz CT molecular complexity index is 285. The molecular weight excluding hydrogens is 248 g/mol. The van der Waals surface area contributed by atoms with Crippen LogP contribution in [0, 0.1) is 0 Å². The second-order valence-electron chi connectivity index (χ2n) is 2.64. The number of carbonyl (C=O) groups is 1.